The van der Waals surface area contributed by atoms with Gasteiger partial charge in [0.15, 0.2) is 0 Å². The molecule has 5 nitrogen and oxygen atoms in total. The van der Waals surface area contributed by atoms with E-state index >= 15 is 0 Å². The summed E-state index contributed by atoms with van der Waals surface area (Å²) in [5.41, 5.74) is 1.93. The molecule has 4 rings (SSSR count). The van der Waals surface area contributed by atoms with Crippen molar-refractivity contribution in [2.45, 2.75) is 6.92 Å². The number of rotatable bonds is 2. The molecule has 2 aromatic carbocycles. The zero-order valence-corrected chi connectivity index (χ0v) is 12.7. The lowest BCUT2D eigenvalue weighted by molar-refractivity contribution is 0.429. The Hall–Kier alpha value is -3.28. The molecule has 24 heavy (non-hydrogen) atoms. The normalized spacial score (nSPS) is 11.1. The van der Waals surface area contributed by atoms with Crippen molar-refractivity contribution in [2.24, 2.45) is 0 Å². The van der Waals surface area contributed by atoms with Gasteiger partial charge in [0.2, 0.25) is 5.82 Å². The predicted molar refractivity (Wildman–Crippen MR) is 88.0 cm³/mol. The van der Waals surface area contributed by atoms with Gasteiger partial charge in [-0.25, -0.2) is 4.39 Å². The predicted octanol–water partition coefficient (Wildman–Crippen LogP) is 3.69. The highest BCUT2D eigenvalue weighted by molar-refractivity contribution is 5.83. The Morgan fingerprint density at radius 3 is 2.75 bits per heavy atom. The molecule has 2 heterocycles. The van der Waals surface area contributed by atoms with Crippen LogP contribution in [0.1, 0.15) is 5.56 Å². The van der Waals surface area contributed by atoms with E-state index in [9.17, 15) is 9.18 Å². The van der Waals surface area contributed by atoms with Crippen LogP contribution in [0.2, 0.25) is 0 Å². The summed E-state index contributed by atoms with van der Waals surface area (Å²) in [7, 11) is 0. The highest BCUT2D eigenvalue weighted by Gasteiger charge is 2.16. The highest BCUT2D eigenvalue weighted by atomic mass is 19.1. The summed E-state index contributed by atoms with van der Waals surface area (Å²) in [6, 6.07) is 13.5. The lowest BCUT2D eigenvalue weighted by Gasteiger charge is -2.01. The Balaban J connectivity index is 1.84. The summed E-state index contributed by atoms with van der Waals surface area (Å²) in [4.78, 5) is 19.3. The zero-order chi connectivity index (χ0) is 16.7. The largest absolute Gasteiger partial charge is 0.334 e. The van der Waals surface area contributed by atoms with E-state index in [1.165, 1.54) is 6.07 Å². The van der Waals surface area contributed by atoms with Crippen LogP contribution in [0.15, 0.2) is 57.8 Å². The molecule has 0 amide bonds. The van der Waals surface area contributed by atoms with E-state index in [4.69, 9.17) is 4.52 Å². The molecule has 0 unspecified atom stereocenters. The van der Waals surface area contributed by atoms with Gasteiger partial charge >= 0.3 is 0 Å². The number of H-pyrrole nitrogens is 1. The topological polar surface area (TPSA) is 71.8 Å². The molecule has 118 valence electrons. The van der Waals surface area contributed by atoms with E-state index in [0.29, 0.717) is 0 Å². The van der Waals surface area contributed by atoms with E-state index in [2.05, 4.69) is 15.1 Å². The number of halogens is 1. The van der Waals surface area contributed by atoms with Crippen molar-refractivity contribution in [3.05, 3.63) is 70.3 Å². The average molecular weight is 321 g/mol. The average Bonchev–Trinajstić information content (AvgIpc) is 3.04. The van der Waals surface area contributed by atoms with Crippen molar-refractivity contribution in [3.63, 3.8) is 0 Å². The first-order valence-corrected chi connectivity index (χ1v) is 7.34. The number of hydrogen-bond acceptors (Lipinski definition) is 4. The van der Waals surface area contributed by atoms with E-state index in [1.807, 2.05) is 25.1 Å². The Bertz CT molecular complexity index is 1110. The SMILES string of the molecule is Cc1ccc2cc(-c3noc(-c4ccccc4F)n3)c(=O)[nH]c2c1. The minimum atomic E-state index is -0.462. The number of aromatic amines is 1. The fraction of sp³-hybridized carbons (Fsp3) is 0.0556. The third-order valence-electron chi connectivity index (χ3n) is 3.77. The van der Waals surface area contributed by atoms with Crippen molar-refractivity contribution in [2.75, 3.05) is 0 Å². The van der Waals surface area contributed by atoms with Gasteiger partial charge in [-0.2, -0.15) is 4.98 Å². The molecular formula is C18H12FN3O2. The first-order chi connectivity index (χ1) is 11.6. The molecule has 0 atom stereocenters. The van der Waals surface area contributed by atoms with Crippen molar-refractivity contribution in [1.82, 2.24) is 15.1 Å². The molecule has 1 N–H and O–H groups in total. The van der Waals surface area contributed by atoms with Crippen molar-refractivity contribution < 1.29 is 8.91 Å². The summed E-state index contributed by atoms with van der Waals surface area (Å²) < 4.78 is 18.9. The molecule has 0 radical (unpaired) electrons. The maximum absolute atomic E-state index is 13.8. The van der Waals surface area contributed by atoms with Crippen molar-refractivity contribution in [3.8, 4) is 22.8 Å². The minimum absolute atomic E-state index is 0.0338. The van der Waals surface area contributed by atoms with Crippen LogP contribution in [-0.4, -0.2) is 15.1 Å². The van der Waals surface area contributed by atoms with Crippen LogP contribution in [0, 0.1) is 12.7 Å². The van der Waals surface area contributed by atoms with E-state index in [1.54, 1.807) is 24.3 Å². The van der Waals surface area contributed by atoms with Gasteiger partial charge in [0, 0.05) is 5.52 Å². The zero-order valence-electron chi connectivity index (χ0n) is 12.7. The number of benzene rings is 2. The summed E-state index contributed by atoms with van der Waals surface area (Å²) in [5, 5.41) is 4.67. The number of fused-ring (bicyclic) bond motifs is 1. The molecule has 0 aliphatic heterocycles. The first kappa shape index (κ1) is 14.3. The van der Waals surface area contributed by atoms with Gasteiger partial charge in [0.25, 0.3) is 11.4 Å². The summed E-state index contributed by atoms with van der Waals surface area (Å²) in [6.07, 6.45) is 0. The summed E-state index contributed by atoms with van der Waals surface area (Å²) >= 11 is 0. The van der Waals surface area contributed by atoms with E-state index in [-0.39, 0.29) is 28.4 Å². The van der Waals surface area contributed by atoms with Crippen LogP contribution in [0.5, 0.6) is 0 Å². The Morgan fingerprint density at radius 1 is 1.08 bits per heavy atom. The van der Waals surface area contributed by atoms with Gasteiger partial charge in [-0.15, -0.1) is 0 Å². The molecule has 0 aliphatic carbocycles. The standard InChI is InChI=1S/C18H12FN3O2/c1-10-6-7-11-9-13(17(23)20-15(11)8-10)16-21-18(24-22-16)12-4-2-3-5-14(12)19/h2-9H,1H3,(H,20,23). The number of hydrogen-bond donors (Lipinski definition) is 1. The number of nitrogens with zero attached hydrogens (tertiary/aromatic N) is 2. The first-order valence-electron chi connectivity index (χ1n) is 7.34. The fourth-order valence-electron chi connectivity index (χ4n) is 2.56. The monoisotopic (exact) mass is 321 g/mol. The Labute approximate surface area is 135 Å². The fourth-order valence-corrected chi connectivity index (χ4v) is 2.56. The second-order valence-electron chi connectivity index (χ2n) is 5.51. The number of aromatic nitrogens is 3. The summed E-state index contributed by atoms with van der Waals surface area (Å²) in [6.45, 7) is 1.95. The molecule has 0 fully saturated rings. The number of nitrogens with one attached hydrogen (secondary N) is 1. The molecule has 0 bridgehead atoms. The highest BCUT2D eigenvalue weighted by Crippen LogP contribution is 2.24. The number of pyridine rings is 1. The molecule has 0 saturated carbocycles. The van der Waals surface area contributed by atoms with Gasteiger partial charge in [-0.3, -0.25) is 4.79 Å². The Kier molecular flexibility index (Phi) is 3.23. The van der Waals surface area contributed by atoms with Crippen LogP contribution < -0.4 is 5.56 Å². The molecule has 2 aromatic heterocycles. The van der Waals surface area contributed by atoms with Crippen LogP contribution in [0.25, 0.3) is 33.7 Å². The van der Waals surface area contributed by atoms with Gasteiger partial charge in [0.05, 0.1) is 11.1 Å². The van der Waals surface area contributed by atoms with Crippen molar-refractivity contribution >= 4 is 10.9 Å². The van der Waals surface area contributed by atoms with Gasteiger partial charge in [0.1, 0.15) is 5.82 Å². The molecule has 6 heteroatoms. The second kappa shape index (κ2) is 5.42. The van der Waals surface area contributed by atoms with E-state index < -0.39 is 5.82 Å². The maximum atomic E-state index is 13.8. The second-order valence-corrected chi connectivity index (χ2v) is 5.51. The molecule has 0 spiro atoms. The third kappa shape index (κ3) is 2.38. The van der Waals surface area contributed by atoms with Crippen LogP contribution >= 0.6 is 0 Å². The van der Waals surface area contributed by atoms with E-state index in [0.717, 1.165) is 16.5 Å². The third-order valence-corrected chi connectivity index (χ3v) is 3.77. The molecule has 0 saturated heterocycles. The Morgan fingerprint density at radius 2 is 1.92 bits per heavy atom. The van der Waals surface area contributed by atoms with Crippen LogP contribution in [-0.2, 0) is 0 Å². The van der Waals surface area contributed by atoms with Crippen LogP contribution in [0.3, 0.4) is 0 Å². The number of aryl methyl sites for hydroxylation is 1. The van der Waals surface area contributed by atoms with Crippen LogP contribution in [0.4, 0.5) is 4.39 Å². The van der Waals surface area contributed by atoms with Gasteiger partial charge in [-0.1, -0.05) is 29.4 Å². The lowest BCUT2D eigenvalue weighted by Crippen LogP contribution is -2.09. The molecule has 0 aliphatic rings. The lowest BCUT2D eigenvalue weighted by atomic mass is 10.1. The quantitative estimate of drug-likeness (QED) is 0.611. The molecular weight excluding hydrogens is 309 g/mol. The van der Waals surface area contributed by atoms with Gasteiger partial charge in [-0.05, 0) is 42.1 Å². The minimum Gasteiger partial charge on any atom is -0.334 e. The maximum Gasteiger partial charge on any atom is 0.261 e. The van der Waals surface area contributed by atoms with Gasteiger partial charge < -0.3 is 9.51 Å². The smallest absolute Gasteiger partial charge is 0.261 e. The van der Waals surface area contributed by atoms with Crippen molar-refractivity contribution in [1.29, 1.82) is 0 Å². The molecule has 4 aromatic rings. The summed E-state index contributed by atoms with van der Waals surface area (Å²) in [5.74, 6) is -0.306.